The number of hydrogen-bond donors (Lipinski definition) is 1. The molecule has 1 aliphatic heterocycles. The summed E-state index contributed by atoms with van der Waals surface area (Å²) >= 11 is 0. The summed E-state index contributed by atoms with van der Waals surface area (Å²) in [4.78, 5) is 16.2. The van der Waals surface area contributed by atoms with Gasteiger partial charge in [0.05, 0.1) is 6.04 Å². The van der Waals surface area contributed by atoms with Crippen molar-refractivity contribution in [3.63, 3.8) is 0 Å². The van der Waals surface area contributed by atoms with Gasteiger partial charge >= 0.3 is 0 Å². The van der Waals surface area contributed by atoms with Crippen LogP contribution in [-0.4, -0.2) is 54.5 Å². The molecular formula is C12H25N3O. The molecule has 0 spiro atoms. The Morgan fingerprint density at radius 1 is 1.50 bits per heavy atom. The molecule has 4 heteroatoms. The van der Waals surface area contributed by atoms with Crippen LogP contribution in [0.5, 0.6) is 0 Å². The van der Waals surface area contributed by atoms with Gasteiger partial charge in [-0.05, 0) is 46.7 Å². The van der Waals surface area contributed by atoms with Crippen LogP contribution >= 0.6 is 0 Å². The Morgan fingerprint density at radius 3 is 2.50 bits per heavy atom. The van der Waals surface area contributed by atoms with Crippen LogP contribution in [0.4, 0.5) is 0 Å². The second-order valence-electron chi connectivity index (χ2n) is 5.29. The predicted octanol–water partition coefficient (Wildman–Crippen LogP) is 0.522. The molecule has 1 saturated heterocycles. The fourth-order valence-corrected chi connectivity index (χ4v) is 2.27. The normalized spacial score (nSPS) is 23.8. The van der Waals surface area contributed by atoms with E-state index in [0.717, 1.165) is 19.6 Å². The zero-order chi connectivity index (χ0) is 12.3. The SMILES string of the molecule is CC(N)C(=O)N(CC1CCN(C)C1)C(C)C. The van der Waals surface area contributed by atoms with Crippen molar-refractivity contribution in [2.45, 2.75) is 39.3 Å². The van der Waals surface area contributed by atoms with E-state index in [1.165, 1.54) is 6.42 Å². The molecule has 1 fully saturated rings. The molecule has 0 aromatic rings. The number of carbonyl (C=O) groups excluding carboxylic acids is 1. The number of carbonyl (C=O) groups is 1. The Hall–Kier alpha value is -0.610. The summed E-state index contributed by atoms with van der Waals surface area (Å²) < 4.78 is 0. The third-order valence-corrected chi connectivity index (χ3v) is 3.24. The van der Waals surface area contributed by atoms with Gasteiger partial charge in [0.15, 0.2) is 0 Å². The van der Waals surface area contributed by atoms with Crippen molar-refractivity contribution < 1.29 is 4.79 Å². The van der Waals surface area contributed by atoms with E-state index in [9.17, 15) is 4.79 Å². The number of likely N-dealkylation sites (tertiary alicyclic amines) is 1. The Balaban J connectivity index is 2.55. The Bertz CT molecular complexity index is 240. The van der Waals surface area contributed by atoms with Crippen molar-refractivity contribution in [2.75, 3.05) is 26.7 Å². The van der Waals surface area contributed by atoms with E-state index >= 15 is 0 Å². The smallest absolute Gasteiger partial charge is 0.239 e. The van der Waals surface area contributed by atoms with E-state index in [0.29, 0.717) is 5.92 Å². The monoisotopic (exact) mass is 227 g/mol. The van der Waals surface area contributed by atoms with E-state index < -0.39 is 0 Å². The van der Waals surface area contributed by atoms with Crippen molar-refractivity contribution >= 4 is 5.91 Å². The first kappa shape index (κ1) is 13.5. The van der Waals surface area contributed by atoms with Gasteiger partial charge in [0.25, 0.3) is 0 Å². The lowest BCUT2D eigenvalue weighted by molar-refractivity contribution is -0.134. The molecule has 2 N–H and O–H groups in total. The topological polar surface area (TPSA) is 49.6 Å². The van der Waals surface area contributed by atoms with E-state index in [1.807, 2.05) is 4.90 Å². The van der Waals surface area contributed by atoms with Gasteiger partial charge in [-0.1, -0.05) is 0 Å². The lowest BCUT2D eigenvalue weighted by Gasteiger charge is -2.30. The van der Waals surface area contributed by atoms with Crippen LogP contribution in [0, 0.1) is 5.92 Å². The van der Waals surface area contributed by atoms with Crippen LogP contribution in [0.25, 0.3) is 0 Å². The van der Waals surface area contributed by atoms with E-state index in [4.69, 9.17) is 5.73 Å². The first-order valence-corrected chi connectivity index (χ1v) is 6.16. The summed E-state index contributed by atoms with van der Waals surface area (Å²) in [5.41, 5.74) is 5.67. The van der Waals surface area contributed by atoms with Crippen LogP contribution in [0.15, 0.2) is 0 Å². The lowest BCUT2D eigenvalue weighted by atomic mass is 10.1. The fourth-order valence-electron chi connectivity index (χ4n) is 2.27. The first-order chi connectivity index (χ1) is 7.41. The molecule has 2 atom stereocenters. The van der Waals surface area contributed by atoms with Gasteiger partial charge in [0, 0.05) is 19.1 Å². The zero-order valence-corrected chi connectivity index (χ0v) is 10.9. The van der Waals surface area contributed by atoms with Crippen molar-refractivity contribution in [1.82, 2.24) is 9.80 Å². The summed E-state index contributed by atoms with van der Waals surface area (Å²) in [6.07, 6.45) is 1.19. The predicted molar refractivity (Wildman–Crippen MR) is 66.1 cm³/mol. The van der Waals surface area contributed by atoms with Gasteiger partial charge in [0.2, 0.25) is 5.91 Å². The largest absolute Gasteiger partial charge is 0.339 e. The maximum Gasteiger partial charge on any atom is 0.239 e. The summed E-state index contributed by atoms with van der Waals surface area (Å²) in [6.45, 7) is 8.96. The standard InChI is InChI=1S/C12H25N3O/c1-9(2)15(12(16)10(3)13)8-11-5-6-14(4)7-11/h9-11H,5-8,13H2,1-4H3. The van der Waals surface area contributed by atoms with Gasteiger partial charge in [-0.2, -0.15) is 0 Å². The van der Waals surface area contributed by atoms with Crippen molar-refractivity contribution in [1.29, 1.82) is 0 Å². The maximum atomic E-state index is 11.9. The molecule has 0 aromatic heterocycles. The third kappa shape index (κ3) is 3.46. The highest BCUT2D eigenvalue weighted by Crippen LogP contribution is 2.17. The lowest BCUT2D eigenvalue weighted by Crippen LogP contribution is -2.47. The molecule has 94 valence electrons. The molecule has 0 aromatic carbocycles. The molecule has 16 heavy (non-hydrogen) atoms. The van der Waals surface area contributed by atoms with Gasteiger partial charge < -0.3 is 15.5 Å². The summed E-state index contributed by atoms with van der Waals surface area (Å²) in [6, 6.07) is -0.147. The minimum atomic E-state index is -0.387. The van der Waals surface area contributed by atoms with Crippen LogP contribution in [-0.2, 0) is 4.79 Å². The Labute approximate surface area is 98.8 Å². The highest BCUT2D eigenvalue weighted by atomic mass is 16.2. The molecule has 0 bridgehead atoms. The number of rotatable bonds is 4. The van der Waals surface area contributed by atoms with Gasteiger partial charge in [-0.15, -0.1) is 0 Å². The van der Waals surface area contributed by atoms with E-state index in [2.05, 4.69) is 25.8 Å². The van der Waals surface area contributed by atoms with Crippen LogP contribution in [0.2, 0.25) is 0 Å². The van der Waals surface area contributed by atoms with Crippen molar-refractivity contribution in [3.05, 3.63) is 0 Å². The highest BCUT2D eigenvalue weighted by Gasteiger charge is 2.27. The molecule has 1 amide bonds. The quantitative estimate of drug-likeness (QED) is 0.762. The second-order valence-corrected chi connectivity index (χ2v) is 5.29. The van der Waals surface area contributed by atoms with Crippen LogP contribution < -0.4 is 5.73 Å². The Kier molecular flexibility index (Phi) is 4.74. The zero-order valence-electron chi connectivity index (χ0n) is 10.9. The number of nitrogens with two attached hydrogens (primary N) is 1. The van der Waals surface area contributed by atoms with E-state index in [-0.39, 0.29) is 18.0 Å². The summed E-state index contributed by atoms with van der Waals surface area (Å²) in [7, 11) is 2.13. The molecule has 1 heterocycles. The molecule has 0 aliphatic carbocycles. The molecule has 0 saturated carbocycles. The third-order valence-electron chi connectivity index (χ3n) is 3.24. The number of nitrogens with zero attached hydrogens (tertiary/aromatic N) is 2. The molecule has 1 aliphatic rings. The summed E-state index contributed by atoms with van der Waals surface area (Å²) in [5.74, 6) is 0.680. The highest BCUT2D eigenvalue weighted by molar-refractivity contribution is 5.81. The van der Waals surface area contributed by atoms with Crippen molar-refractivity contribution in [2.24, 2.45) is 11.7 Å². The first-order valence-electron chi connectivity index (χ1n) is 6.16. The average molecular weight is 227 g/mol. The van der Waals surface area contributed by atoms with Gasteiger partial charge in [-0.3, -0.25) is 4.79 Å². The fraction of sp³-hybridized carbons (Fsp3) is 0.917. The minimum Gasteiger partial charge on any atom is -0.339 e. The van der Waals surface area contributed by atoms with Gasteiger partial charge in [0.1, 0.15) is 0 Å². The van der Waals surface area contributed by atoms with Gasteiger partial charge in [-0.25, -0.2) is 0 Å². The van der Waals surface area contributed by atoms with E-state index in [1.54, 1.807) is 6.92 Å². The number of amides is 1. The van der Waals surface area contributed by atoms with Crippen LogP contribution in [0.3, 0.4) is 0 Å². The summed E-state index contributed by atoms with van der Waals surface area (Å²) in [5, 5.41) is 0. The second kappa shape index (κ2) is 5.64. The minimum absolute atomic E-state index is 0.0737. The molecular weight excluding hydrogens is 202 g/mol. The molecule has 4 nitrogen and oxygen atoms in total. The molecule has 0 radical (unpaired) electrons. The van der Waals surface area contributed by atoms with Crippen molar-refractivity contribution in [3.8, 4) is 0 Å². The van der Waals surface area contributed by atoms with Crippen LogP contribution in [0.1, 0.15) is 27.2 Å². The molecule has 2 unspecified atom stereocenters. The number of hydrogen-bond acceptors (Lipinski definition) is 3. The average Bonchev–Trinajstić information content (AvgIpc) is 2.59. The maximum absolute atomic E-state index is 11.9. The molecule has 1 rings (SSSR count). The Morgan fingerprint density at radius 2 is 2.12 bits per heavy atom.